The molecule has 1 aromatic rings. The average Bonchev–Trinajstić information content (AvgIpc) is 2.44. The third kappa shape index (κ3) is 2.48. The monoisotopic (exact) mass is 342 g/mol. The largest absolute Gasteiger partial charge is 0.386 e. The van der Waals surface area contributed by atoms with Crippen LogP contribution in [-0.2, 0) is 0 Å². The molecule has 0 radical (unpaired) electrons. The van der Waals surface area contributed by atoms with E-state index in [-0.39, 0.29) is 16.9 Å². The van der Waals surface area contributed by atoms with Crippen molar-refractivity contribution in [2.75, 3.05) is 5.33 Å². The number of nitro groups is 1. The van der Waals surface area contributed by atoms with Gasteiger partial charge in [0.1, 0.15) is 17.9 Å². The molecule has 0 aromatic carbocycles. The Labute approximate surface area is 124 Å². The van der Waals surface area contributed by atoms with Crippen LogP contribution in [0, 0.1) is 16.0 Å². The lowest BCUT2D eigenvalue weighted by Gasteiger charge is -2.39. The number of aromatic nitrogens is 1. The molecule has 6 nitrogen and oxygen atoms in total. The van der Waals surface area contributed by atoms with E-state index >= 15 is 0 Å². The smallest absolute Gasteiger partial charge is 0.294 e. The molecular weight excluding hydrogens is 328 g/mol. The van der Waals surface area contributed by atoms with Gasteiger partial charge in [-0.1, -0.05) is 22.9 Å². The first-order valence-corrected chi connectivity index (χ1v) is 7.28. The molecule has 2 rings (SSSR count). The molecular formula is C13H15BrN2O4. The van der Waals surface area contributed by atoms with Gasteiger partial charge in [0.15, 0.2) is 0 Å². The first-order chi connectivity index (χ1) is 9.40. The highest BCUT2D eigenvalue weighted by Gasteiger charge is 2.43. The molecule has 2 N–H and O–H groups in total. The molecule has 1 aromatic heterocycles. The quantitative estimate of drug-likeness (QED) is 0.496. The first kappa shape index (κ1) is 15.1. The molecule has 1 heterocycles. The zero-order valence-electron chi connectivity index (χ0n) is 10.9. The minimum Gasteiger partial charge on any atom is -0.386 e. The summed E-state index contributed by atoms with van der Waals surface area (Å²) >= 11 is 3.20. The maximum atomic E-state index is 11.0. The fraction of sp³-hybridized carbons (Fsp3) is 0.462. The molecule has 1 aliphatic carbocycles. The van der Waals surface area contributed by atoms with Crippen LogP contribution in [0.1, 0.15) is 18.9 Å². The second-order valence-corrected chi connectivity index (χ2v) is 5.58. The predicted molar refractivity (Wildman–Crippen MR) is 77.4 cm³/mol. The maximum Gasteiger partial charge on any atom is 0.294 e. The van der Waals surface area contributed by atoms with Gasteiger partial charge in [0.05, 0.1) is 10.5 Å². The number of alkyl halides is 1. The Bertz CT molecular complexity index is 563. The molecule has 0 fully saturated rings. The predicted octanol–water partition coefficient (Wildman–Crippen LogP) is 1.90. The molecule has 0 bridgehead atoms. The molecule has 7 heteroatoms. The van der Waals surface area contributed by atoms with Gasteiger partial charge in [0.25, 0.3) is 5.69 Å². The standard InChI is InChI=1S/C13H15BrN2O4/c1-8-4-9(5-12(17)13(8,18)7-14)10-2-3-15-6-11(10)16(19)20/h2-3,5-6,8,12,17-18H,4,7H2,1H3. The van der Waals surface area contributed by atoms with Crippen LogP contribution < -0.4 is 0 Å². The molecule has 0 amide bonds. The second kappa shape index (κ2) is 5.59. The van der Waals surface area contributed by atoms with E-state index in [1.54, 1.807) is 6.07 Å². The lowest BCUT2D eigenvalue weighted by Crippen LogP contribution is -2.50. The number of nitrogens with zero attached hydrogens (tertiary/aromatic N) is 2. The third-order valence-electron chi connectivity index (χ3n) is 3.81. The van der Waals surface area contributed by atoms with Crippen molar-refractivity contribution in [3.63, 3.8) is 0 Å². The van der Waals surface area contributed by atoms with Crippen molar-refractivity contribution in [3.05, 3.63) is 40.2 Å². The van der Waals surface area contributed by atoms with Crippen LogP contribution in [0.3, 0.4) is 0 Å². The van der Waals surface area contributed by atoms with Crippen LogP contribution in [0.15, 0.2) is 24.5 Å². The summed E-state index contributed by atoms with van der Waals surface area (Å²) in [5.74, 6) is -0.232. The number of halogens is 1. The fourth-order valence-corrected chi connectivity index (χ4v) is 3.30. The molecule has 1 aliphatic rings. The Hall–Kier alpha value is -1.31. The van der Waals surface area contributed by atoms with Gasteiger partial charge in [0, 0.05) is 11.5 Å². The average molecular weight is 343 g/mol. The van der Waals surface area contributed by atoms with Crippen molar-refractivity contribution in [3.8, 4) is 0 Å². The topological polar surface area (TPSA) is 96.5 Å². The van der Waals surface area contributed by atoms with E-state index in [1.807, 2.05) is 6.92 Å². The van der Waals surface area contributed by atoms with E-state index in [0.29, 0.717) is 17.6 Å². The number of rotatable bonds is 3. The SMILES string of the molecule is CC1CC(c2ccncc2[N+](=O)[O-])=CC(O)C1(O)CBr. The summed E-state index contributed by atoms with van der Waals surface area (Å²) in [5, 5.41) is 31.8. The first-order valence-electron chi connectivity index (χ1n) is 6.16. The summed E-state index contributed by atoms with van der Waals surface area (Å²) in [6, 6.07) is 1.56. The number of allylic oxidation sites excluding steroid dienone is 1. The maximum absolute atomic E-state index is 11.0. The Kier molecular flexibility index (Phi) is 4.22. The van der Waals surface area contributed by atoms with Crippen LogP contribution in [0.4, 0.5) is 5.69 Å². The van der Waals surface area contributed by atoms with Gasteiger partial charge in [-0.15, -0.1) is 0 Å². The zero-order valence-corrected chi connectivity index (χ0v) is 12.4. The van der Waals surface area contributed by atoms with Crippen LogP contribution in [-0.4, -0.2) is 37.2 Å². The fourth-order valence-electron chi connectivity index (χ4n) is 2.41. The van der Waals surface area contributed by atoms with E-state index in [1.165, 1.54) is 18.5 Å². The molecule has 0 saturated heterocycles. The normalized spacial score (nSPS) is 29.9. The van der Waals surface area contributed by atoms with Gasteiger partial charge in [-0.25, -0.2) is 0 Å². The van der Waals surface area contributed by atoms with Gasteiger partial charge in [-0.2, -0.15) is 0 Å². The number of hydrogen-bond acceptors (Lipinski definition) is 5. The molecule has 3 atom stereocenters. The van der Waals surface area contributed by atoms with Gasteiger partial charge >= 0.3 is 0 Å². The van der Waals surface area contributed by atoms with Crippen LogP contribution in [0.25, 0.3) is 5.57 Å². The Balaban J connectivity index is 2.46. The van der Waals surface area contributed by atoms with Crippen molar-refractivity contribution >= 4 is 27.2 Å². The summed E-state index contributed by atoms with van der Waals surface area (Å²) < 4.78 is 0. The van der Waals surface area contributed by atoms with Crippen molar-refractivity contribution in [2.24, 2.45) is 5.92 Å². The van der Waals surface area contributed by atoms with Crippen molar-refractivity contribution in [1.82, 2.24) is 4.98 Å². The van der Waals surface area contributed by atoms with E-state index < -0.39 is 16.6 Å². The van der Waals surface area contributed by atoms with Crippen LogP contribution in [0.2, 0.25) is 0 Å². The zero-order chi connectivity index (χ0) is 14.9. The minimum absolute atomic E-state index is 0.0950. The van der Waals surface area contributed by atoms with Gasteiger partial charge < -0.3 is 10.2 Å². The Morgan fingerprint density at radius 1 is 1.65 bits per heavy atom. The van der Waals surface area contributed by atoms with Crippen molar-refractivity contribution in [2.45, 2.75) is 25.0 Å². The highest BCUT2D eigenvalue weighted by Crippen LogP contribution is 2.40. The molecule has 0 spiro atoms. The highest BCUT2D eigenvalue weighted by atomic mass is 79.9. The molecule has 0 saturated carbocycles. The second-order valence-electron chi connectivity index (χ2n) is 5.02. The third-order valence-corrected chi connectivity index (χ3v) is 4.71. The summed E-state index contributed by atoms with van der Waals surface area (Å²) in [7, 11) is 0. The lowest BCUT2D eigenvalue weighted by atomic mass is 9.75. The van der Waals surface area contributed by atoms with Crippen LogP contribution >= 0.6 is 15.9 Å². The van der Waals surface area contributed by atoms with E-state index in [2.05, 4.69) is 20.9 Å². The Morgan fingerprint density at radius 3 is 2.90 bits per heavy atom. The number of hydrogen-bond donors (Lipinski definition) is 2. The van der Waals surface area contributed by atoms with E-state index in [0.717, 1.165) is 0 Å². The summed E-state index contributed by atoms with van der Waals surface area (Å²) in [4.78, 5) is 14.3. The molecule has 20 heavy (non-hydrogen) atoms. The van der Waals surface area contributed by atoms with Gasteiger partial charge in [-0.3, -0.25) is 15.1 Å². The molecule has 108 valence electrons. The number of pyridine rings is 1. The van der Waals surface area contributed by atoms with Gasteiger partial charge in [0.2, 0.25) is 0 Å². The summed E-state index contributed by atoms with van der Waals surface area (Å²) in [5.41, 5.74) is -0.259. The van der Waals surface area contributed by atoms with Crippen molar-refractivity contribution in [1.29, 1.82) is 0 Å². The number of aliphatic hydroxyl groups excluding tert-OH is 1. The minimum atomic E-state index is -1.26. The molecule has 0 aliphatic heterocycles. The highest BCUT2D eigenvalue weighted by molar-refractivity contribution is 9.09. The van der Waals surface area contributed by atoms with E-state index in [4.69, 9.17) is 0 Å². The van der Waals surface area contributed by atoms with Crippen LogP contribution in [0.5, 0.6) is 0 Å². The Morgan fingerprint density at radius 2 is 2.35 bits per heavy atom. The van der Waals surface area contributed by atoms with E-state index in [9.17, 15) is 20.3 Å². The van der Waals surface area contributed by atoms with Gasteiger partial charge in [-0.05, 0) is 30.1 Å². The number of aliphatic hydroxyl groups is 2. The molecule has 3 unspecified atom stereocenters. The summed E-state index contributed by atoms with van der Waals surface area (Å²) in [6.07, 6.45) is 3.53. The van der Waals surface area contributed by atoms with Crippen molar-refractivity contribution < 1.29 is 15.1 Å². The lowest BCUT2D eigenvalue weighted by molar-refractivity contribution is -0.385. The summed E-state index contributed by atoms with van der Waals surface area (Å²) in [6.45, 7) is 1.81.